The SMILES string of the molecule is CC(C)(C)n1cc(CNCC(O)C(N)=O)cn1. The zero-order chi connectivity index (χ0) is 13.1. The zero-order valence-electron chi connectivity index (χ0n) is 10.5. The molecule has 0 fully saturated rings. The second kappa shape index (κ2) is 5.29. The molecule has 96 valence electrons. The van der Waals surface area contributed by atoms with Gasteiger partial charge in [0.05, 0.1) is 11.7 Å². The minimum Gasteiger partial charge on any atom is -0.382 e. The van der Waals surface area contributed by atoms with Crippen LogP contribution in [0.5, 0.6) is 0 Å². The Labute approximate surface area is 101 Å². The Bertz CT molecular complexity index is 381. The van der Waals surface area contributed by atoms with E-state index in [1.165, 1.54) is 0 Å². The third-order valence-electron chi connectivity index (χ3n) is 2.32. The van der Waals surface area contributed by atoms with Crippen molar-refractivity contribution in [3.63, 3.8) is 0 Å². The first-order valence-electron chi connectivity index (χ1n) is 5.53. The number of amides is 1. The van der Waals surface area contributed by atoms with Gasteiger partial charge in [-0.1, -0.05) is 0 Å². The maximum absolute atomic E-state index is 10.6. The van der Waals surface area contributed by atoms with Crippen LogP contribution in [0.15, 0.2) is 12.4 Å². The number of aliphatic hydroxyl groups excluding tert-OH is 1. The molecule has 17 heavy (non-hydrogen) atoms. The van der Waals surface area contributed by atoms with E-state index in [9.17, 15) is 9.90 Å². The molecule has 1 amide bonds. The molecule has 0 bridgehead atoms. The Morgan fingerprint density at radius 3 is 2.76 bits per heavy atom. The highest BCUT2D eigenvalue weighted by Crippen LogP contribution is 2.12. The van der Waals surface area contributed by atoms with E-state index in [1.807, 2.05) is 10.9 Å². The molecule has 0 saturated carbocycles. The lowest BCUT2D eigenvalue weighted by Crippen LogP contribution is -2.37. The molecule has 1 aromatic heterocycles. The summed E-state index contributed by atoms with van der Waals surface area (Å²) in [7, 11) is 0. The minimum absolute atomic E-state index is 0.0506. The molecule has 6 heteroatoms. The molecule has 0 aromatic carbocycles. The predicted molar refractivity (Wildman–Crippen MR) is 64.1 cm³/mol. The van der Waals surface area contributed by atoms with Crippen molar-refractivity contribution in [1.82, 2.24) is 15.1 Å². The monoisotopic (exact) mass is 240 g/mol. The molecular formula is C11H20N4O2. The molecule has 6 nitrogen and oxygen atoms in total. The summed E-state index contributed by atoms with van der Waals surface area (Å²) >= 11 is 0. The molecule has 1 unspecified atom stereocenters. The molecule has 0 saturated heterocycles. The average molecular weight is 240 g/mol. The molecule has 0 spiro atoms. The summed E-state index contributed by atoms with van der Waals surface area (Å²) in [4.78, 5) is 10.6. The molecule has 0 aliphatic carbocycles. The summed E-state index contributed by atoms with van der Waals surface area (Å²) in [6.45, 7) is 6.88. The molecule has 0 aliphatic rings. The van der Waals surface area contributed by atoms with Crippen molar-refractivity contribution in [1.29, 1.82) is 0 Å². The van der Waals surface area contributed by atoms with Gasteiger partial charge in [0.15, 0.2) is 0 Å². The molecule has 0 aliphatic heterocycles. The number of aliphatic hydroxyl groups is 1. The smallest absolute Gasteiger partial charge is 0.247 e. The lowest BCUT2D eigenvalue weighted by Gasteiger charge is -2.18. The lowest BCUT2D eigenvalue weighted by atomic mass is 10.1. The van der Waals surface area contributed by atoms with Gasteiger partial charge in [0.25, 0.3) is 0 Å². The van der Waals surface area contributed by atoms with E-state index in [2.05, 4.69) is 31.2 Å². The predicted octanol–water partition coefficient (Wildman–Crippen LogP) is -0.426. The van der Waals surface area contributed by atoms with E-state index >= 15 is 0 Å². The van der Waals surface area contributed by atoms with E-state index in [0.717, 1.165) is 5.56 Å². The molecule has 1 heterocycles. The van der Waals surface area contributed by atoms with Gasteiger partial charge in [-0.15, -0.1) is 0 Å². The number of rotatable bonds is 5. The van der Waals surface area contributed by atoms with Crippen LogP contribution in [0.4, 0.5) is 0 Å². The molecule has 1 aromatic rings. The first-order valence-corrected chi connectivity index (χ1v) is 5.53. The van der Waals surface area contributed by atoms with Crippen molar-refractivity contribution in [2.45, 2.75) is 39.0 Å². The van der Waals surface area contributed by atoms with Crippen LogP contribution in [0.3, 0.4) is 0 Å². The summed E-state index contributed by atoms with van der Waals surface area (Å²) < 4.78 is 1.87. The van der Waals surface area contributed by atoms with Crippen molar-refractivity contribution in [2.24, 2.45) is 5.73 Å². The van der Waals surface area contributed by atoms with Crippen molar-refractivity contribution in [2.75, 3.05) is 6.54 Å². The number of carbonyl (C=O) groups is 1. The van der Waals surface area contributed by atoms with E-state index in [-0.39, 0.29) is 12.1 Å². The number of nitrogens with two attached hydrogens (primary N) is 1. The standard InChI is InChI=1S/C11H20N4O2/c1-11(2,3)15-7-8(5-14-15)4-13-6-9(16)10(12)17/h5,7,9,13,16H,4,6H2,1-3H3,(H2,12,17). The third-order valence-corrected chi connectivity index (χ3v) is 2.32. The zero-order valence-corrected chi connectivity index (χ0v) is 10.5. The Morgan fingerprint density at radius 1 is 1.65 bits per heavy atom. The fraction of sp³-hybridized carbons (Fsp3) is 0.636. The van der Waals surface area contributed by atoms with Gasteiger partial charge in [0, 0.05) is 24.8 Å². The highest BCUT2D eigenvalue weighted by Gasteiger charge is 2.14. The Morgan fingerprint density at radius 2 is 2.29 bits per heavy atom. The highest BCUT2D eigenvalue weighted by molar-refractivity contribution is 5.78. The van der Waals surface area contributed by atoms with Gasteiger partial charge in [0.2, 0.25) is 5.91 Å². The van der Waals surface area contributed by atoms with Gasteiger partial charge < -0.3 is 16.2 Å². The number of nitrogens with zero attached hydrogens (tertiary/aromatic N) is 2. The first kappa shape index (κ1) is 13.7. The van der Waals surface area contributed by atoms with Gasteiger partial charge in [-0.3, -0.25) is 9.48 Å². The largest absolute Gasteiger partial charge is 0.382 e. The van der Waals surface area contributed by atoms with Gasteiger partial charge >= 0.3 is 0 Å². The lowest BCUT2D eigenvalue weighted by molar-refractivity contribution is -0.125. The molecular weight excluding hydrogens is 220 g/mol. The number of hydrogen-bond acceptors (Lipinski definition) is 4. The van der Waals surface area contributed by atoms with Crippen LogP contribution in [-0.2, 0) is 16.9 Å². The normalized spacial score (nSPS) is 13.6. The maximum Gasteiger partial charge on any atom is 0.247 e. The van der Waals surface area contributed by atoms with Crippen LogP contribution in [0.1, 0.15) is 26.3 Å². The van der Waals surface area contributed by atoms with Gasteiger partial charge in [-0.2, -0.15) is 5.10 Å². The van der Waals surface area contributed by atoms with Crippen LogP contribution < -0.4 is 11.1 Å². The van der Waals surface area contributed by atoms with E-state index in [4.69, 9.17) is 5.73 Å². The van der Waals surface area contributed by atoms with Crippen LogP contribution in [-0.4, -0.2) is 33.4 Å². The first-order chi connectivity index (χ1) is 7.80. The van der Waals surface area contributed by atoms with Crippen molar-refractivity contribution < 1.29 is 9.90 Å². The Balaban J connectivity index is 2.43. The van der Waals surface area contributed by atoms with Crippen LogP contribution in [0.25, 0.3) is 0 Å². The van der Waals surface area contributed by atoms with Crippen molar-refractivity contribution in [3.05, 3.63) is 18.0 Å². The topological polar surface area (TPSA) is 93.2 Å². The van der Waals surface area contributed by atoms with Gasteiger partial charge in [0.1, 0.15) is 6.10 Å². The molecule has 1 atom stereocenters. The minimum atomic E-state index is -1.15. The summed E-state index contributed by atoms with van der Waals surface area (Å²) in [5.74, 6) is -0.720. The van der Waals surface area contributed by atoms with E-state index < -0.39 is 12.0 Å². The van der Waals surface area contributed by atoms with E-state index in [1.54, 1.807) is 6.20 Å². The summed E-state index contributed by atoms with van der Waals surface area (Å²) in [6.07, 6.45) is 2.55. The summed E-state index contributed by atoms with van der Waals surface area (Å²) in [6, 6.07) is 0. The quantitative estimate of drug-likeness (QED) is 0.651. The number of aromatic nitrogens is 2. The molecule has 1 rings (SSSR count). The fourth-order valence-corrected chi connectivity index (χ4v) is 1.27. The Hall–Kier alpha value is -1.40. The Kier molecular flexibility index (Phi) is 4.25. The summed E-state index contributed by atoms with van der Waals surface area (Å²) in [5.41, 5.74) is 5.88. The summed E-state index contributed by atoms with van der Waals surface area (Å²) in [5, 5.41) is 16.4. The molecule has 4 N–H and O–H groups in total. The number of hydrogen-bond donors (Lipinski definition) is 3. The average Bonchev–Trinajstić information content (AvgIpc) is 2.65. The third kappa shape index (κ3) is 4.16. The van der Waals surface area contributed by atoms with Gasteiger partial charge in [-0.05, 0) is 20.8 Å². The maximum atomic E-state index is 10.6. The number of primary amides is 1. The number of carbonyl (C=O) groups excluding carboxylic acids is 1. The number of nitrogens with one attached hydrogen (secondary N) is 1. The fourth-order valence-electron chi connectivity index (χ4n) is 1.27. The van der Waals surface area contributed by atoms with E-state index in [0.29, 0.717) is 6.54 Å². The van der Waals surface area contributed by atoms with Gasteiger partial charge in [-0.25, -0.2) is 0 Å². The van der Waals surface area contributed by atoms with Crippen molar-refractivity contribution >= 4 is 5.91 Å². The van der Waals surface area contributed by atoms with Crippen LogP contribution in [0.2, 0.25) is 0 Å². The molecule has 0 radical (unpaired) electrons. The van der Waals surface area contributed by atoms with Crippen molar-refractivity contribution in [3.8, 4) is 0 Å². The second-order valence-electron chi connectivity index (χ2n) is 5.01. The van der Waals surface area contributed by atoms with Crippen LogP contribution in [0, 0.1) is 0 Å². The van der Waals surface area contributed by atoms with Crippen LogP contribution >= 0.6 is 0 Å². The second-order valence-corrected chi connectivity index (χ2v) is 5.01. The highest BCUT2D eigenvalue weighted by atomic mass is 16.3.